The lowest BCUT2D eigenvalue weighted by Gasteiger charge is -2.16. The first-order valence-electron chi connectivity index (χ1n) is 5.80. The van der Waals surface area contributed by atoms with Crippen molar-refractivity contribution in [2.24, 2.45) is 0 Å². The van der Waals surface area contributed by atoms with Crippen molar-refractivity contribution in [1.82, 2.24) is 0 Å². The molecule has 0 heterocycles. The molecule has 24 heavy (non-hydrogen) atoms. The summed E-state index contributed by atoms with van der Waals surface area (Å²) >= 11 is 36.2. The summed E-state index contributed by atoms with van der Waals surface area (Å²) in [6.45, 7) is 0. The van der Waals surface area contributed by atoms with E-state index in [4.69, 9.17) is 0 Å². The fourth-order valence-electron chi connectivity index (χ4n) is 1.72. The van der Waals surface area contributed by atoms with E-state index in [9.17, 15) is 0 Å². The molecule has 0 spiro atoms. The summed E-state index contributed by atoms with van der Waals surface area (Å²) in [6.07, 6.45) is 0. The Labute approximate surface area is 223 Å². The molecule has 0 N–H and O–H groups in total. The Balaban J connectivity index is 2.79. The zero-order valence-corrected chi connectivity index (χ0v) is 26.8. The van der Waals surface area contributed by atoms with Gasteiger partial charge in [0.05, 0.1) is 0 Å². The van der Waals surface area contributed by atoms with E-state index in [1.807, 2.05) is 12.1 Å². The lowest BCUT2D eigenvalue weighted by atomic mass is 10.1. The van der Waals surface area contributed by atoms with Crippen LogP contribution >= 0.6 is 159 Å². The first-order valence-corrected chi connectivity index (χ1v) is 13.7. The highest BCUT2D eigenvalue weighted by Gasteiger charge is 2.22. The molecule has 0 nitrogen and oxygen atoms in total. The molecular weight excluding hydrogens is 967 g/mol. The molecule has 128 valence electrons. The average Bonchev–Trinajstić information content (AvgIpc) is 2.55. The zero-order valence-electron chi connectivity index (χ0n) is 10.9. The monoisotopic (exact) mass is 959 g/mol. The maximum absolute atomic E-state index is 3.73. The Kier molecular flexibility index (Phi) is 9.36. The molecule has 0 saturated carbocycles. The van der Waals surface area contributed by atoms with E-state index in [1.54, 1.807) is 0 Å². The Hall–Kier alpha value is 2.98. The summed E-state index contributed by atoms with van der Waals surface area (Å²) < 4.78 is 9.27. The molecule has 0 atom stereocenters. The van der Waals surface area contributed by atoms with Crippen LogP contribution in [0.25, 0.3) is 8.96 Å². The topological polar surface area (TPSA) is 0 Å². The molecule has 0 saturated heterocycles. The van der Waals surface area contributed by atoms with E-state index < -0.39 is 0 Å². The second-order valence-corrected chi connectivity index (χ2v) is 12.3. The molecule has 0 aliphatic rings. The second-order valence-electron chi connectivity index (χ2n) is 4.30. The van der Waals surface area contributed by atoms with Crippen molar-refractivity contribution in [1.29, 1.82) is 0 Å². The Morgan fingerprint density at radius 1 is 0.500 bits per heavy atom. The highest BCUT2D eigenvalue weighted by atomic mass is 79.9. The number of benzene rings is 2. The Morgan fingerprint density at radius 2 is 0.958 bits per heavy atom. The smallest absolute Gasteiger partial charge is 0.0482 e. The van der Waals surface area contributed by atoms with E-state index in [1.165, 1.54) is 0 Å². The lowest BCUT2D eigenvalue weighted by molar-refractivity contribution is 1.42. The van der Waals surface area contributed by atoms with Crippen molar-refractivity contribution in [2.45, 2.75) is 0 Å². The SMILES string of the molecule is BrC(=C(Br)c1c(Br)c(Br)c(Br)c(Br)c1Br)c1ccc(Br)c(Br)c1Br. The van der Waals surface area contributed by atoms with Crippen LogP contribution in [-0.2, 0) is 0 Å². The number of hydrogen-bond donors (Lipinski definition) is 0. The fraction of sp³-hybridized carbons (Fsp3) is 0. The van der Waals surface area contributed by atoms with Crippen molar-refractivity contribution in [3.05, 3.63) is 59.0 Å². The molecule has 0 bridgehead atoms. The maximum atomic E-state index is 3.73. The third kappa shape index (κ3) is 4.58. The van der Waals surface area contributed by atoms with Crippen LogP contribution < -0.4 is 0 Å². The quantitative estimate of drug-likeness (QED) is 0.160. The maximum Gasteiger partial charge on any atom is 0.0482 e. The van der Waals surface area contributed by atoms with Gasteiger partial charge in [0.2, 0.25) is 0 Å². The van der Waals surface area contributed by atoms with Crippen LogP contribution in [-0.4, -0.2) is 0 Å². The van der Waals surface area contributed by atoms with Gasteiger partial charge in [0.1, 0.15) is 0 Å². The van der Waals surface area contributed by atoms with E-state index in [0.29, 0.717) is 0 Å². The fourth-order valence-corrected chi connectivity index (χ4v) is 8.59. The summed E-state index contributed by atoms with van der Waals surface area (Å²) in [4.78, 5) is 0. The van der Waals surface area contributed by atoms with Gasteiger partial charge >= 0.3 is 0 Å². The van der Waals surface area contributed by atoms with Crippen LogP contribution in [0.15, 0.2) is 47.9 Å². The van der Waals surface area contributed by atoms with Crippen LogP contribution in [0.4, 0.5) is 0 Å². The number of rotatable bonds is 2. The number of hydrogen-bond acceptors (Lipinski definition) is 0. The van der Waals surface area contributed by atoms with Crippen molar-refractivity contribution in [3.8, 4) is 0 Å². The van der Waals surface area contributed by atoms with Crippen molar-refractivity contribution < 1.29 is 0 Å². The van der Waals surface area contributed by atoms with Gasteiger partial charge < -0.3 is 0 Å². The Morgan fingerprint density at radius 3 is 1.46 bits per heavy atom. The molecule has 2 aromatic rings. The molecule has 0 aliphatic carbocycles. The molecule has 10 heteroatoms. The molecule has 0 fully saturated rings. The largest absolute Gasteiger partial charge is 0.0515 e. The summed E-state index contributed by atoms with van der Waals surface area (Å²) in [7, 11) is 0. The van der Waals surface area contributed by atoms with Gasteiger partial charge in [-0.15, -0.1) is 0 Å². The van der Waals surface area contributed by atoms with Gasteiger partial charge in [0, 0.05) is 55.9 Å². The van der Waals surface area contributed by atoms with Crippen molar-refractivity contribution >= 4 is 168 Å². The summed E-state index contributed by atoms with van der Waals surface area (Å²) in [6, 6.07) is 4.01. The van der Waals surface area contributed by atoms with Crippen LogP contribution in [0.2, 0.25) is 0 Å². The highest BCUT2D eigenvalue weighted by molar-refractivity contribution is 9.18. The molecule has 0 unspecified atom stereocenters. The first kappa shape index (κ1) is 23.3. The zero-order chi connectivity index (χ0) is 18.3. The third-order valence-corrected chi connectivity index (χ3v) is 14.5. The molecule has 2 rings (SSSR count). The lowest BCUT2D eigenvalue weighted by Crippen LogP contribution is -1.91. The van der Waals surface area contributed by atoms with E-state index in [-0.39, 0.29) is 0 Å². The van der Waals surface area contributed by atoms with Crippen LogP contribution in [0, 0.1) is 0 Å². The van der Waals surface area contributed by atoms with Crippen molar-refractivity contribution in [2.75, 3.05) is 0 Å². The van der Waals surface area contributed by atoms with Gasteiger partial charge in [0.25, 0.3) is 0 Å². The number of halogens is 10. The van der Waals surface area contributed by atoms with Gasteiger partial charge in [-0.25, -0.2) is 0 Å². The Bertz CT molecular complexity index is 840. The summed E-state index contributed by atoms with van der Waals surface area (Å²) in [5.41, 5.74) is 1.97. The van der Waals surface area contributed by atoms with E-state index >= 15 is 0 Å². The highest BCUT2D eigenvalue weighted by Crippen LogP contribution is 2.51. The average molecular weight is 969 g/mol. The van der Waals surface area contributed by atoms with Gasteiger partial charge in [0.15, 0.2) is 0 Å². The standard InChI is InChI=1S/C14H2Br10/c15-4-2-1-3(6(16)8(4)18)7(17)9(19)5-10(20)12(22)14(24)13(23)11(5)21/h1-2H. The van der Waals surface area contributed by atoms with Gasteiger partial charge in [-0.2, -0.15) is 0 Å². The van der Waals surface area contributed by atoms with Crippen molar-refractivity contribution in [3.63, 3.8) is 0 Å². The minimum atomic E-state index is 0.894. The third-order valence-electron chi connectivity index (χ3n) is 2.89. The van der Waals surface area contributed by atoms with Crippen LogP contribution in [0.3, 0.4) is 0 Å². The summed E-state index contributed by atoms with van der Waals surface area (Å²) in [5.74, 6) is 0. The first-order chi connectivity index (χ1) is 11.1. The van der Waals surface area contributed by atoms with Crippen LogP contribution in [0.5, 0.6) is 0 Å². The minimum absolute atomic E-state index is 0.894. The predicted octanol–water partition coefficient (Wildman–Crippen LogP) is 11.4. The van der Waals surface area contributed by atoms with Gasteiger partial charge in [-0.05, 0) is 165 Å². The molecule has 0 aromatic heterocycles. The molecule has 0 amide bonds. The molecule has 0 aliphatic heterocycles. The van der Waals surface area contributed by atoms with Crippen LogP contribution in [0.1, 0.15) is 11.1 Å². The summed E-state index contributed by atoms with van der Waals surface area (Å²) in [5, 5.41) is 0. The molecular formula is C14H2Br10. The van der Waals surface area contributed by atoms with Gasteiger partial charge in [-0.3, -0.25) is 0 Å². The minimum Gasteiger partial charge on any atom is -0.0515 e. The van der Waals surface area contributed by atoms with Gasteiger partial charge in [-0.1, -0.05) is 6.07 Å². The van der Waals surface area contributed by atoms with E-state index in [0.717, 1.165) is 55.9 Å². The molecule has 2 aromatic carbocycles. The normalized spacial score (nSPS) is 12.4. The molecule has 0 radical (unpaired) electrons. The van der Waals surface area contributed by atoms with E-state index in [2.05, 4.69) is 159 Å². The second kappa shape index (κ2) is 9.65. The predicted molar refractivity (Wildman–Crippen MR) is 139 cm³/mol.